The molecule has 1 heterocycles. The van der Waals surface area contributed by atoms with E-state index in [9.17, 15) is 4.79 Å². The highest BCUT2D eigenvalue weighted by Crippen LogP contribution is 2.17. The van der Waals surface area contributed by atoms with Crippen LogP contribution in [0.1, 0.15) is 24.2 Å². The molecule has 1 aromatic rings. The number of hydrogen-bond donors (Lipinski definition) is 0. The maximum absolute atomic E-state index is 12.4. The minimum absolute atomic E-state index is 0.0901. The van der Waals surface area contributed by atoms with Crippen molar-refractivity contribution in [3.63, 3.8) is 0 Å². The molecule has 2 atom stereocenters. The number of rotatable bonds is 2. The van der Waals surface area contributed by atoms with E-state index in [2.05, 4.69) is 0 Å². The van der Waals surface area contributed by atoms with Crippen molar-refractivity contribution in [3.05, 3.63) is 29.8 Å². The molecule has 0 unspecified atom stereocenters. The van der Waals surface area contributed by atoms with Crippen LogP contribution in [0.4, 0.5) is 5.69 Å². The van der Waals surface area contributed by atoms with Gasteiger partial charge >= 0.3 is 0 Å². The Morgan fingerprint density at radius 1 is 1.16 bits per heavy atom. The molecule has 0 N–H and O–H groups in total. The summed E-state index contributed by atoms with van der Waals surface area (Å²) in [6, 6.07) is 7.73. The van der Waals surface area contributed by atoms with Crippen LogP contribution in [0.5, 0.6) is 0 Å². The fourth-order valence-electron chi connectivity index (χ4n) is 2.43. The summed E-state index contributed by atoms with van der Waals surface area (Å²) in [4.78, 5) is 16.3. The van der Waals surface area contributed by atoms with Gasteiger partial charge in [-0.3, -0.25) is 4.79 Å². The molecule has 0 spiro atoms. The Morgan fingerprint density at radius 3 is 2.16 bits per heavy atom. The van der Waals surface area contributed by atoms with Gasteiger partial charge in [-0.2, -0.15) is 0 Å². The molecule has 2 rings (SSSR count). The Balaban J connectivity index is 2.10. The van der Waals surface area contributed by atoms with Crippen molar-refractivity contribution in [1.29, 1.82) is 0 Å². The summed E-state index contributed by atoms with van der Waals surface area (Å²) in [5.74, 6) is 0.0901. The monoisotopic (exact) mass is 262 g/mol. The van der Waals surface area contributed by atoms with Crippen LogP contribution in [-0.4, -0.2) is 50.2 Å². The maximum atomic E-state index is 12.4. The second kappa shape index (κ2) is 5.61. The maximum Gasteiger partial charge on any atom is 0.254 e. The first-order valence-corrected chi connectivity index (χ1v) is 6.69. The molecule has 0 radical (unpaired) electrons. The minimum Gasteiger partial charge on any atom is -0.378 e. The van der Waals surface area contributed by atoms with Crippen LogP contribution in [-0.2, 0) is 4.74 Å². The van der Waals surface area contributed by atoms with Gasteiger partial charge in [-0.05, 0) is 38.1 Å². The lowest BCUT2D eigenvalue weighted by Gasteiger charge is -2.35. The lowest BCUT2D eigenvalue weighted by molar-refractivity contribution is -0.0586. The van der Waals surface area contributed by atoms with E-state index in [0.717, 1.165) is 11.3 Å². The third-order valence-corrected chi connectivity index (χ3v) is 3.34. The number of amides is 1. The fraction of sp³-hybridized carbons (Fsp3) is 0.533. The normalized spacial score (nSPS) is 23.3. The molecule has 0 aliphatic carbocycles. The Bertz CT molecular complexity index is 432. The molecule has 1 amide bonds. The van der Waals surface area contributed by atoms with Gasteiger partial charge in [0.25, 0.3) is 5.91 Å². The molecule has 1 fully saturated rings. The summed E-state index contributed by atoms with van der Waals surface area (Å²) in [6.07, 6.45) is 0.211. The molecule has 0 bridgehead atoms. The Kier molecular flexibility index (Phi) is 4.10. The van der Waals surface area contributed by atoms with E-state index < -0.39 is 0 Å². The molecule has 19 heavy (non-hydrogen) atoms. The Morgan fingerprint density at radius 2 is 1.68 bits per heavy atom. The highest BCUT2D eigenvalue weighted by molar-refractivity contribution is 5.94. The highest BCUT2D eigenvalue weighted by Gasteiger charge is 2.26. The molecule has 4 heteroatoms. The SMILES string of the molecule is C[C@@H]1CN(C(=O)c2ccc(N(C)C)cc2)C[C@H](C)O1. The Hall–Kier alpha value is -1.55. The van der Waals surface area contributed by atoms with E-state index in [0.29, 0.717) is 13.1 Å². The Labute approximate surface area is 115 Å². The summed E-state index contributed by atoms with van der Waals surface area (Å²) < 4.78 is 5.65. The van der Waals surface area contributed by atoms with Gasteiger partial charge in [-0.15, -0.1) is 0 Å². The number of morpholine rings is 1. The standard InChI is InChI=1S/C15H22N2O2/c1-11-9-17(10-12(2)19-11)15(18)13-5-7-14(8-6-13)16(3)4/h5-8,11-12H,9-10H2,1-4H3/t11-,12+. The first kappa shape index (κ1) is 13.9. The van der Waals surface area contributed by atoms with Gasteiger partial charge in [0.05, 0.1) is 12.2 Å². The first-order chi connectivity index (χ1) is 8.97. The van der Waals surface area contributed by atoms with Gasteiger partial charge in [0.1, 0.15) is 0 Å². The lowest BCUT2D eigenvalue weighted by Crippen LogP contribution is -2.48. The smallest absolute Gasteiger partial charge is 0.254 e. The van der Waals surface area contributed by atoms with E-state index in [4.69, 9.17) is 4.74 Å². The predicted octanol–water partition coefficient (Wildman–Crippen LogP) is 2.00. The zero-order valence-electron chi connectivity index (χ0n) is 12.1. The van der Waals surface area contributed by atoms with Crippen LogP contribution in [0.25, 0.3) is 0 Å². The summed E-state index contributed by atoms with van der Waals surface area (Å²) in [5.41, 5.74) is 1.84. The molecule has 1 aliphatic rings. The first-order valence-electron chi connectivity index (χ1n) is 6.69. The van der Waals surface area contributed by atoms with Crippen molar-refractivity contribution in [1.82, 2.24) is 4.90 Å². The molecule has 1 aromatic carbocycles. The molecule has 1 saturated heterocycles. The van der Waals surface area contributed by atoms with Gasteiger partial charge in [0.2, 0.25) is 0 Å². The van der Waals surface area contributed by atoms with Crippen LogP contribution < -0.4 is 4.90 Å². The zero-order chi connectivity index (χ0) is 14.0. The van der Waals surface area contributed by atoms with Crippen LogP contribution in [0.15, 0.2) is 24.3 Å². The van der Waals surface area contributed by atoms with Gasteiger partial charge in [0, 0.05) is 38.4 Å². The van der Waals surface area contributed by atoms with E-state index in [1.54, 1.807) is 0 Å². The van der Waals surface area contributed by atoms with Gasteiger partial charge in [-0.25, -0.2) is 0 Å². The zero-order valence-corrected chi connectivity index (χ0v) is 12.1. The molecular formula is C15H22N2O2. The quantitative estimate of drug-likeness (QED) is 0.817. The van der Waals surface area contributed by atoms with E-state index >= 15 is 0 Å². The van der Waals surface area contributed by atoms with Crippen LogP contribution in [0.3, 0.4) is 0 Å². The number of nitrogens with zero attached hydrogens (tertiary/aromatic N) is 2. The van der Waals surface area contributed by atoms with Crippen LogP contribution in [0, 0.1) is 0 Å². The molecule has 4 nitrogen and oxygen atoms in total. The summed E-state index contributed by atoms with van der Waals surface area (Å²) >= 11 is 0. The predicted molar refractivity (Wildman–Crippen MR) is 76.7 cm³/mol. The molecule has 0 aromatic heterocycles. The van der Waals surface area contributed by atoms with Crippen molar-refractivity contribution < 1.29 is 9.53 Å². The number of hydrogen-bond acceptors (Lipinski definition) is 3. The molecular weight excluding hydrogens is 240 g/mol. The van der Waals surface area contributed by atoms with Crippen molar-refractivity contribution in [3.8, 4) is 0 Å². The third-order valence-electron chi connectivity index (χ3n) is 3.34. The topological polar surface area (TPSA) is 32.8 Å². The second-order valence-corrected chi connectivity index (χ2v) is 5.41. The van der Waals surface area contributed by atoms with E-state index in [-0.39, 0.29) is 18.1 Å². The van der Waals surface area contributed by atoms with Crippen molar-refractivity contribution in [2.45, 2.75) is 26.1 Å². The lowest BCUT2D eigenvalue weighted by atomic mass is 10.1. The number of benzene rings is 1. The van der Waals surface area contributed by atoms with E-state index in [1.165, 1.54) is 0 Å². The van der Waals surface area contributed by atoms with Crippen molar-refractivity contribution in [2.75, 3.05) is 32.1 Å². The number of ether oxygens (including phenoxy) is 1. The summed E-state index contributed by atoms with van der Waals surface area (Å²) in [6.45, 7) is 5.34. The van der Waals surface area contributed by atoms with Crippen molar-refractivity contribution in [2.24, 2.45) is 0 Å². The summed E-state index contributed by atoms with van der Waals surface area (Å²) in [5, 5.41) is 0. The van der Waals surface area contributed by atoms with Crippen LogP contribution in [0.2, 0.25) is 0 Å². The number of anilines is 1. The van der Waals surface area contributed by atoms with E-state index in [1.807, 2.05) is 62.0 Å². The summed E-state index contributed by atoms with van der Waals surface area (Å²) in [7, 11) is 3.98. The highest BCUT2D eigenvalue weighted by atomic mass is 16.5. The third kappa shape index (κ3) is 3.26. The minimum atomic E-state index is 0.0901. The average Bonchev–Trinajstić information content (AvgIpc) is 2.37. The number of carbonyl (C=O) groups excluding carboxylic acids is 1. The second-order valence-electron chi connectivity index (χ2n) is 5.41. The van der Waals surface area contributed by atoms with Crippen LogP contribution >= 0.6 is 0 Å². The van der Waals surface area contributed by atoms with Gasteiger partial charge < -0.3 is 14.5 Å². The van der Waals surface area contributed by atoms with Crippen molar-refractivity contribution >= 4 is 11.6 Å². The molecule has 0 saturated carbocycles. The average molecular weight is 262 g/mol. The molecule has 1 aliphatic heterocycles. The number of carbonyl (C=O) groups is 1. The van der Waals surface area contributed by atoms with Gasteiger partial charge in [-0.1, -0.05) is 0 Å². The fourth-order valence-corrected chi connectivity index (χ4v) is 2.43. The molecule has 104 valence electrons. The largest absolute Gasteiger partial charge is 0.378 e. The van der Waals surface area contributed by atoms with Gasteiger partial charge in [0.15, 0.2) is 0 Å².